The first-order chi connectivity index (χ1) is 14.0. The molecule has 0 amide bonds. The Morgan fingerprint density at radius 3 is 3.07 bits per heavy atom. The molecule has 7 aliphatic rings. The molecule has 1 aromatic carbocycles. The minimum absolute atomic E-state index is 0.191. The van der Waals surface area contributed by atoms with Crippen LogP contribution in [0.2, 0.25) is 0 Å². The van der Waals surface area contributed by atoms with Gasteiger partial charge < -0.3 is 24.6 Å². The van der Waals surface area contributed by atoms with Crippen molar-refractivity contribution in [3.8, 4) is 11.5 Å². The van der Waals surface area contributed by atoms with E-state index < -0.39 is 17.1 Å². The van der Waals surface area contributed by atoms with Gasteiger partial charge >= 0.3 is 5.97 Å². The first kappa shape index (κ1) is 16.5. The fourth-order valence-corrected chi connectivity index (χ4v) is 8.11. The summed E-state index contributed by atoms with van der Waals surface area (Å²) in [7, 11) is 1.37. The van der Waals surface area contributed by atoms with Crippen molar-refractivity contribution in [1.82, 2.24) is 4.90 Å². The van der Waals surface area contributed by atoms with Crippen LogP contribution >= 0.6 is 0 Å². The molecule has 7 heteroatoms. The minimum Gasteiger partial charge on any atom is -0.467 e. The molecule has 7 nitrogen and oxygen atoms in total. The average Bonchev–Trinajstić information content (AvgIpc) is 3.43. The first-order valence-electron chi connectivity index (χ1n) is 10.5. The maximum Gasteiger partial charge on any atom is 0.340 e. The van der Waals surface area contributed by atoms with Crippen LogP contribution in [0.3, 0.4) is 0 Å². The van der Waals surface area contributed by atoms with Crippen molar-refractivity contribution in [2.45, 2.75) is 48.3 Å². The molecule has 4 fully saturated rings. The number of carbonyl (C=O) groups is 1. The summed E-state index contributed by atoms with van der Waals surface area (Å²) in [6, 6.07) is 4.34. The third-order valence-electron chi connectivity index (χ3n) is 8.86. The van der Waals surface area contributed by atoms with Gasteiger partial charge in [-0.15, -0.1) is 0 Å². The highest BCUT2D eigenvalue weighted by Crippen LogP contribution is 2.75. The van der Waals surface area contributed by atoms with Gasteiger partial charge in [0.1, 0.15) is 0 Å². The summed E-state index contributed by atoms with van der Waals surface area (Å²) in [5.41, 5.74) is -1.01. The summed E-state index contributed by atoms with van der Waals surface area (Å²) in [6.45, 7) is 2.06. The number of benzene rings is 1. The Balaban J connectivity index is 1.57. The largest absolute Gasteiger partial charge is 0.467 e. The summed E-state index contributed by atoms with van der Waals surface area (Å²) in [5.74, 6) is 0.878. The van der Waals surface area contributed by atoms with Gasteiger partial charge in [-0.05, 0) is 43.9 Å². The van der Waals surface area contributed by atoms with E-state index in [0.29, 0.717) is 24.3 Å². The van der Waals surface area contributed by atoms with Crippen LogP contribution in [-0.4, -0.2) is 60.1 Å². The van der Waals surface area contributed by atoms with Crippen LogP contribution in [0, 0.1) is 5.41 Å². The zero-order valence-corrected chi connectivity index (χ0v) is 16.4. The Hall–Kier alpha value is -2.25. The number of ether oxygens (including phenoxy) is 3. The number of hydrogen-bond acceptors (Lipinski definition) is 7. The van der Waals surface area contributed by atoms with Crippen molar-refractivity contribution in [2.24, 2.45) is 5.41 Å². The lowest BCUT2D eigenvalue weighted by molar-refractivity contribution is -0.209. The molecular weight excluding hydrogens is 372 g/mol. The van der Waals surface area contributed by atoms with E-state index in [1.807, 2.05) is 6.07 Å². The summed E-state index contributed by atoms with van der Waals surface area (Å²) in [4.78, 5) is 15.7. The van der Waals surface area contributed by atoms with Crippen molar-refractivity contribution >= 4 is 11.7 Å². The van der Waals surface area contributed by atoms with E-state index in [4.69, 9.17) is 14.2 Å². The zero-order chi connectivity index (χ0) is 19.6. The monoisotopic (exact) mass is 396 g/mol. The van der Waals surface area contributed by atoms with E-state index in [-0.39, 0.29) is 23.7 Å². The number of hydrogen-bond donors (Lipinski definition) is 2. The summed E-state index contributed by atoms with van der Waals surface area (Å²) >= 11 is 0. The molecule has 0 radical (unpaired) electrons. The first-order valence-corrected chi connectivity index (χ1v) is 10.5. The Morgan fingerprint density at radius 2 is 2.21 bits per heavy atom. The van der Waals surface area contributed by atoms with Gasteiger partial charge in [0.15, 0.2) is 17.1 Å². The summed E-state index contributed by atoms with van der Waals surface area (Å²) in [5, 5.41) is 15.8. The molecule has 0 unspecified atom stereocenters. The second-order valence-corrected chi connectivity index (χ2v) is 9.54. The third kappa shape index (κ3) is 1.46. The SMILES string of the molecule is COC(=O)[C@]1(O)C[C@@]23C=CCN4CC[C@@]5(c6ccc7c(c6N[C@]15CC2)OCO7)[C@@H]43. The molecule has 4 aliphatic heterocycles. The average molecular weight is 396 g/mol. The molecule has 0 aromatic heterocycles. The lowest BCUT2D eigenvalue weighted by Gasteiger charge is -2.69. The summed E-state index contributed by atoms with van der Waals surface area (Å²) < 4.78 is 16.6. The molecule has 29 heavy (non-hydrogen) atoms. The van der Waals surface area contributed by atoms with E-state index in [1.165, 1.54) is 7.11 Å². The van der Waals surface area contributed by atoms with Crippen LogP contribution in [0.25, 0.3) is 0 Å². The van der Waals surface area contributed by atoms with Gasteiger partial charge in [-0.25, -0.2) is 4.79 Å². The second-order valence-electron chi connectivity index (χ2n) is 9.54. The number of esters is 1. The third-order valence-corrected chi connectivity index (χ3v) is 8.86. The van der Waals surface area contributed by atoms with Crippen LogP contribution in [0.1, 0.15) is 31.2 Å². The predicted molar refractivity (Wildman–Crippen MR) is 103 cm³/mol. The zero-order valence-electron chi connectivity index (χ0n) is 16.4. The Labute approximate surface area is 168 Å². The summed E-state index contributed by atoms with van der Waals surface area (Å²) in [6.07, 6.45) is 7.41. The van der Waals surface area contributed by atoms with Crippen molar-refractivity contribution in [3.05, 3.63) is 29.8 Å². The standard InChI is InChI=1S/C22H24N2O5/c1-27-18(25)21(26)11-19-5-2-9-24-10-8-20(17(19)24)13-3-4-14-16(29-12-28-14)15(13)23-22(20,21)7-6-19/h2-5,17,23,26H,6-12H2,1H3/t17-,19+,20+,21+,22-/m0/s1. The molecule has 3 saturated carbocycles. The van der Waals surface area contributed by atoms with Crippen LogP contribution in [0.4, 0.5) is 5.69 Å². The van der Waals surface area contributed by atoms with E-state index in [0.717, 1.165) is 37.2 Å². The van der Waals surface area contributed by atoms with Crippen molar-refractivity contribution in [1.29, 1.82) is 0 Å². The number of nitrogens with one attached hydrogen (secondary N) is 1. The van der Waals surface area contributed by atoms with Gasteiger partial charge in [0, 0.05) is 23.4 Å². The number of fused-ring (bicyclic) bond motifs is 5. The fraction of sp³-hybridized carbons (Fsp3) is 0.591. The predicted octanol–water partition coefficient (Wildman–Crippen LogP) is 1.55. The number of methoxy groups -OCH3 is 1. The Bertz CT molecular complexity index is 1010. The lowest BCUT2D eigenvalue weighted by Crippen LogP contribution is -2.83. The molecule has 8 rings (SSSR count). The van der Waals surface area contributed by atoms with Crippen molar-refractivity contribution < 1.29 is 24.1 Å². The number of nitrogens with zero attached hydrogens (tertiary/aromatic N) is 1. The van der Waals surface area contributed by atoms with Crippen LogP contribution in [-0.2, 0) is 14.9 Å². The quantitative estimate of drug-likeness (QED) is 0.551. The van der Waals surface area contributed by atoms with E-state index >= 15 is 0 Å². The molecule has 3 spiro atoms. The molecule has 2 bridgehead atoms. The number of carbonyl (C=O) groups excluding carboxylic acids is 1. The maximum atomic E-state index is 13.1. The smallest absolute Gasteiger partial charge is 0.340 e. The van der Waals surface area contributed by atoms with Gasteiger partial charge in [-0.2, -0.15) is 0 Å². The maximum absolute atomic E-state index is 13.1. The topological polar surface area (TPSA) is 80.3 Å². The van der Waals surface area contributed by atoms with Crippen molar-refractivity contribution in [2.75, 3.05) is 32.3 Å². The molecule has 2 N–H and O–H groups in total. The highest BCUT2D eigenvalue weighted by molar-refractivity contribution is 5.89. The van der Waals surface area contributed by atoms with Gasteiger partial charge in [-0.3, -0.25) is 4.90 Å². The fourth-order valence-electron chi connectivity index (χ4n) is 8.11. The van der Waals surface area contributed by atoms with E-state index in [1.54, 1.807) is 0 Å². The Morgan fingerprint density at radius 1 is 1.31 bits per heavy atom. The van der Waals surface area contributed by atoms with Gasteiger partial charge in [0.05, 0.1) is 18.3 Å². The Kier molecular flexibility index (Phi) is 2.70. The molecule has 1 aromatic rings. The highest BCUT2D eigenvalue weighted by Gasteiger charge is 2.84. The van der Waals surface area contributed by atoms with E-state index in [2.05, 4.69) is 28.4 Å². The number of rotatable bonds is 1. The van der Waals surface area contributed by atoms with Crippen LogP contribution in [0.5, 0.6) is 11.5 Å². The van der Waals surface area contributed by atoms with E-state index in [9.17, 15) is 9.90 Å². The minimum atomic E-state index is -1.61. The molecule has 4 heterocycles. The number of aliphatic hydroxyl groups is 1. The number of anilines is 1. The normalized spacial score (nSPS) is 44.8. The molecule has 152 valence electrons. The highest BCUT2D eigenvalue weighted by atomic mass is 16.7. The molecular formula is C22H24N2O5. The molecule has 5 atom stereocenters. The van der Waals surface area contributed by atoms with Gasteiger partial charge in [-0.1, -0.05) is 18.2 Å². The second kappa shape index (κ2) is 4.73. The van der Waals surface area contributed by atoms with Crippen LogP contribution < -0.4 is 14.8 Å². The van der Waals surface area contributed by atoms with Gasteiger partial charge in [0.25, 0.3) is 0 Å². The van der Waals surface area contributed by atoms with Crippen molar-refractivity contribution in [3.63, 3.8) is 0 Å². The molecule has 1 saturated heterocycles. The van der Waals surface area contributed by atoms with Crippen LogP contribution in [0.15, 0.2) is 24.3 Å². The lowest BCUT2D eigenvalue weighted by atomic mass is 9.38. The molecule has 3 aliphatic carbocycles. The van der Waals surface area contributed by atoms with Gasteiger partial charge in [0.2, 0.25) is 6.79 Å².